The number of aliphatic hydroxyl groups excluding tert-OH is 2. The summed E-state index contributed by atoms with van der Waals surface area (Å²) in [7, 11) is 0. The van der Waals surface area contributed by atoms with E-state index in [0.29, 0.717) is 5.56 Å². The molecule has 0 aromatic heterocycles. The highest BCUT2D eigenvalue weighted by Crippen LogP contribution is 2.28. The molecule has 0 aliphatic carbocycles. The van der Waals surface area contributed by atoms with Crippen molar-refractivity contribution in [1.29, 1.82) is 0 Å². The van der Waals surface area contributed by atoms with E-state index in [9.17, 15) is 17.6 Å². The average molecular weight is 307 g/mol. The van der Waals surface area contributed by atoms with Gasteiger partial charge in [0, 0.05) is 0 Å². The molecule has 1 unspecified atom stereocenters. The minimum absolute atomic E-state index is 0.0682. The van der Waals surface area contributed by atoms with E-state index in [0.717, 1.165) is 17.1 Å². The molecule has 1 aromatic rings. The second-order valence-electron chi connectivity index (χ2n) is 4.48. The van der Waals surface area contributed by atoms with Crippen LogP contribution in [0.1, 0.15) is 11.7 Å². The maximum Gasteiger partial charge on any atom is 0.415 e. The summed E-state index contributed by atoms with van der Waals surface area (Å²) in [5.74, 6) is -0.420. The number of nitrogens with one attached hydrogen (secondary N) is 1. The van der Waals surface area contributed by atoms with Gasteiger partial charge in [-0.1, -0.05) is 12.1 Å². The van der Waals surface area contributed by atoms with Crippen LogP contribution in [0.15, 0.2) is 29.3 Å². The van der Waals surface area contributed by atoms with Gasteiger partial charge in [-0.15, -0.1) is 0 Å². The number of amidine groups is 1. The zero-order valence-electron chi connectivity index (χ0n) is 10.7. The maximum atomic E-state index is 12.9. The first-order valence-electron chi connectivity index (χ1n) is 6.02. The van der Waals surface area contributed by atoms with Gasteiger partial charge < -0.3 is 15.6 Å². The van der Waals surface area contributed by atoms with Gasteiger partial charge in [0.25, 0.3) is 0 Å². The third-order valence-corrected chi connectivity index (χ3v) is 2.91. The lowest BCUT2D eigenvalue weighted by Gasteiger charge is -2.26. The third kappa shape index (κ3) is 3.69. The molecule has 116 valence electrons. The minimum Gasteiger partial charge on any atom is -0.388 e. The minimum atomic E-state index is -4.77. The van der Waals surface area contributed by atoms with Gasteiger partial charge in [-0.2, -0.15) is 18.2 Å². The molecule has 0 fully saturated rings. The number of hydrogen-bond donors (Lipinski definition) is 3. The van der Waals surface area contributed by atoms with E-state index in [1.165, 1.54) is 12.1 Å². The van der Waals surface area contributed by atoms with Crippen molar-refractivity contribution in [2.24, 2.45) is 4.99 Å². The van der Waals surface area contributed by atoms with E-state index < -0.39 is 37.4 Å². The first-order valence-corrected chi connectivity index (χ1v) is 6.02. The zero-order chi connectivity index (χ0) is 15.6. The Morgan fingerprint density at radius 1 is 1.29 bits per heavy atom. The van der Waals surface area contributed by atoms with Crippen LogP contribution in [0, 0.1) is 5.82 Å². The van der Waals surface area contributed by atoms with E-state index >= 15 is 0 Å². The van der Waals surface area contributed by atoms with Crippen LogP contribution in [0.25, 0.3) is 0 Å². The Morgan fingerprint density at radius 3 is 2.43 bits per heavy atom. The monoisotopic (exact) mass is 307 g/mol. The van der Waals surface area contributed by atoms with Crippen molar-refractivity contribution in [2.45, 2.75) is 18.4 Å². The number of aliphatic hydroxyl groups is 2. The number of hydrogen-bond acceptors (Lipinski definition) is 5. The van der Waals surface area contributed by atoms with Crippen LogP contribution in [0.3, 0.4) is 0 Å². The van der Waals surface area contributed by atoms with Crippen molar-refractivity contribution in [1.82, 2.24) is 10.4 Å². The lowest BCUT2D eigenvalue weighted by Crippen LogP contribution is -2.47. The van der Waals surface area contributed by atoms with Gasteiger partial charge in [0.1, 0.15) is 24.4 Å². The first kappa shape index (κ1) is 15.7. The van der Waals surface area contributed by atoms with Gasteiger partial charge >= 0.3 is 6.18 Å². The predicted octanol–water partition coefficient (Wildman–Crippen LogP) is 0.959. The fourth-order valence-electron chi connectivity index (χ4n) is 1.87. The summed E-state index contributed by atoms with van der Waals surface area (Å²) in [5, 5.41) is 19.2. The average Bonchev–Trinajstić information content (AvgIpc) is 2.81. The number of benzene rings is 1. The Bertz CT molecular complexity index is 518. The zero-order valence-corrected chi connectivity index (χ0v) is 10.7. The van der Waals surface area contributed by atoms with Crippen molar-refractivity contribution in [2.75, 3.05) is 13.2 Å². The smallest absolute Gasteiger partial charge is 0.388 e. The van der Waals surface area contributed by atoms with Crippen LogP contribution in [0.4, 0.5) is 17.6 Å². The normalized spacial score (nSPS) is 21.0. The summed E-state index contributed by atoms with van der Waals surface area (Å²) in [6, 6.07) is 5.05. The molecule has 2 atom stereocenters. The predicted molar refractivity (Wildman–Crippen MR) is 65.6 cm³/mol. The largest absolute Gasteiger partial charge is 0.415 e. The Balaban J connectivity index is 2.18. The highest BCUT2D eigenvalue weighted by atomic mass is 19.4. The summed E-state index contributed by atoms with van der Waals surface area (Å²) in [6.45, 7) is -1.27. The highest BCUT2D eigenvalue weighted by molar-refractivity contribution is 5.84. The third-order valence-electron chi connectivity index (χ3n) is 2.91. The topological polar surface area (TPSA) is 68.1 Å². The summed E-state index contributed by atoms with van der Waals surface area (Å²) in [6.07, 6.45) is -8.22. The molecule has 0 saturated carbocycles. The number of aliphatic imine (C=N–C) groups is 1. The van der Waals surface area contributed by atoms with Crippen LogP contribution in [0.2, 0.25) is 0 Å². The Kier molecular flexibility index (Phi) is 4.45. The van der Waals surface area contributed by atoms with Gasteiger partial charge in [-0.05, 0) is 17.7 Å². The summed E-state index contributed by atoms with van der Waals surface area (Å²) in [5.41, 5.74) is 2.92. The maximum absolute atomic E-state index is 12.9. The number of alkyl halides is 3. The number of halogens is 4. The van der Waals surface area contributed by atoms with E-state index in [1.54, 1.807) is 0 Å². The molecular formula is C12H13F4N3O2. The fourth-order valence-corrected chi connectivity index (χ4v) is 1.87. The molecule has 2 rings (SSSR count). The first-order chi connectivity index (χ1) is 9.81. The molecule has 0 radical (unpaired) electrons. The Hall–Kier alpha value is -1.71. The molecule has 1 aliphatic heterocycles. The quantitative estimate of drug-likeness (QED) is 0.725. The molecule has 21 heavy (non-hydrogen) atoms. The molecule has 1 aromatic carbocycles. The van der Waals surface area contributed by atoms with Gasteiger partial charge in [0.2, 0.25) is 0 Å². The lowest BCUT2D eigenvalue weighted by molar-refractivity contribution is -0.210. The molecule has 0 spiro atoms. The van der Waals surface area contributed by atoms with Crippen molar-refractivity contribution in [3.05, 3.63) is 35.6 Å². The molecule has 1 heterocycles. The Labute approximate surface area is 117 Å². The van der Waals surface area contributed by atoms with Crippen LogP contribution >= 0.6 is 0 Å². The molecule has 9 heteroatoms. The molecule has 1 aliphatic rings. The molecule has 5 nitrogen and oxygen atoms in total. The molecule has 0 bridgehead atoms. The molecule has 0 amide bonds. The van der Waals surface area contributed by atoms with E-state index in [4.69, 9.17) is 10.2 Å². The number of β-amino-alcohol motifs (C(OH)–C–C–N with tert-alkyl or cyclic N) is 1. The van der Waals surface area contributed by atoms with E-state index in [2.05, 4.69) is 10.4 Å². The number of rotatable bonds is 4. The van der Waals surface area contributed by atoms with Crippen LogP contribution in [-0.2, 0) is 0 Å². The van der Waals surface area contributed by atoms with Gasteiger partial charge in [0.05, 0.1) is 6.54 Å². The van der Waals surface area contributed by atoms with Crippen LogP contribution in [0.5, 0.6) is 0 Å². The SMILES string of the molecule is OCC1=NC(c2ccc(F)cc2)N(C[C@H](O)C(F)(F)F)N1. The van der Waals surface area contributed by atoms with E-state index in [-0.39, 0.29) is 5.84 Å². The standard InChI is InChI=1S/C12H13F4N3O2/c13-8-3-1-7(2-4-8)11-17-10(6-20)18-19(11)5-9(21)12(14,15)16/h1-4,9,11,20-21H,5-6H2,(H,17,18)/t9-,11?/m0/s1. The van der Waals surface area contributed by atoms with Gasteiger partial charge in [-0.25, -0.2) is 9.38 Å². The highest BCUT2D eigenvalue weighted by Gasteiger charge is 2.41. The number of hydrazine groups is 1. The summed E-state index contributed by atoms with van der Waals surface area (Å²) in [4.78, 5) is 4.00. The van der Waals surface area contributed by atoms with Crippen molar-refractivity contribution in [3.8, 4) is 0 Å². The molecule has 0 saturated heterocycles. The van der Waals surface area contributed by atoms with Crippen LogP contribution in [-0.4, -0.2) is 46.5 Å². The Morgan fingerprint density at radius 2 is 1.90 bits per heavy atom. The van der Waals surface area contributed by atoms with Crippen LogP contribution < -0.4 is 5.43 Å². The van der Waals surface area contributed by atoms with Crippen molar-refractivity contribution < 1.29 is 27.8 Å². The second kappa shape index (κ2) is 5.96. The second-order valence-corrected chi connectivity index (χ2v) is 4.48. The van der Waals surface area contributed by atoms with Gasteiger partial charge in [0.15, 0.2) is 6.10 Å². The van der Waals surface area contributed by atoms with Crippen molar-refractivity contribution in [3.63, 3.8) is 0 Å². The molecular weight excluding hydrogens is 294 g/mol. The lowest BCUT2D eigenvalue weighted by atomic mass is 10.1. The van der Waals surface area contributed by atoms with Crippen molar-refractivity contribution >= 4 is 5.84 Å². The summed E-state index contributed by atoms with van der Waals surface area (Å²) < 4.78 is 50.2. The number of nitrogens with zero attached hydrogens (tertiary/aromatic N) is 2. The summed E-state index contributed by atoms with van der Waals surface area (Å²) >= 11 is 0. The fraction of sp³-hybridized carbons (Fsp3) is 0.417. The molecule has 3 N–H and O–H groups in total. The van der Waals surface area contributed by atoms with E-state index in [1.807, 2.05) is 0 Å². The van der Waals surface area contributed by atoms with Gasteiger partial charge in [-0.3, -0.25) is 0 Å².